The number of rotatable bonds is 4. The lowest BCUT2D eigenvalue weighted by Gasteiger charge is -2.08. The van der Waals surface area contributed by atoms with E-state index >= 15 is 0 Å². The molecule has 0 N–H and O–H groups in total. The molecular weight excluding hydrogens is 337 g/mol. The first kappa shape index (κ1) is 16.1. The topological polar surface area (TPSA) is 71.5 Å². The van der Waals surface area contributed by atoms with Crippen molar-refractivity contribution in [3.63, 3.8) is 0 Å². The molecule has 2 rings (SSSR count). The number of hydrogen-bond donors (Lipinski definition) is 0. The highest BCUT2D eigenvalue weighted by Crippen LogP contribution is 2.31. The zero-order valence-corrected chi connectivity index (χ0v) is 13.6. The number of hydrogen-bond acceptors (Lipinski definition) is 5. The summed E-state index contributed by atoms with van der Waals surface area (Å²) in [5.74, 6) is -0.545. The Labute approximate surface area is 126 Å². The Bertz CT molecular complexity index is 852. The zero-order chi connectivity index (χ0) is 15.8. The molecule has 0 amide bonds. The quantitative estimate of drug-likeness (QED) is 0.791. The van der Waals surface area contributed by atoms with Crippen molar-refractivity contribution in [1.29, 1.82) is 0 Å². The summed E-state index contributed by atoms with van der Waals surface area (Å²) in [7, 11) is -4.80. The Hall–Kier alpha value is -1.29. The van der Waals surface area contributed by atoms with Crippen LogP contribution >= 0.6 is 11.3 Å². The van der Waals surface area contributed by atoms with E-state index in [1.54, 1.807) is 0 Å². The summed E-state index contributed by atoms with van der Waals surface area (Å²) in [4.78, 5) is -0.0837. The summed E-state index contributed by atoms with van der Waals surface area (Å²) in [5, 5.41) is 0. The van der Waals surface area contributed by atoms with Crippen LogP contribution in [0.5, 0.6) is 0 Å². The molecule has 0 fully saturated rings. The van der Waals surface area contributed by atoms with Gasteiger partial charge in [-0.25, -0.2) is 25.5 Å². The van der Waals surface area contributed by atoms with Crippen molar-refractivity contribution in [3.8, 4) is 0 Å². The van der Waals surface area contributed by atoms with Crippen LogP contribution in [0.4, 0.5) is 4.39 Å². The SMILES string of the molecule is CN(C)S(=O)(=O)c1ccc(S(=O)(=O)c2ccc(F)cc2)s1. The molecule has 9 heteroatoms. The van der Waals surface area contributed by atoms with Crippen LogP contribution in [0.25, 0.3) is 0 Å². The molecule has 0 saturated heterocycles. The number of sulfone groups is 1. The smallest absolute Gasteiger partial charge is 0.218 e. The Morgan fingerprint density at radius 1 is 0.905 bits per heavy atom. The van der Waals surface area contributed by atoms with Crippen molar-refractivity contribution in [2.75, 3.05) is 14.1 Å². The zero-order valence-electron chi connectivity index (χ0n) is 11.1. The highest BCUT2D eigenvalue weighted by Gasteiger charge is 2.25. The molecule has 0 saturated carbocycles. The monoisotopic (exact) mass is 349 g/mol. The first-order valence-corrected chi connectivity index (χ1v) is 9.43. The van der Waals surface area contributed by atoms with Gasteiger partial charge < -0.3 is 0 Å². The van der Waals surface area contributed by atoms with Crippen molar-refractivity contribution in [3.05, 3.63) is 42.2 Å². The lowest BCUT2D eigenvalue weighted by molar-refractivity contribution is 0.523. The van der Waals surface area contributed by atoms with Gasteiger partial charge in [-0.1, -0.05) is 0 Å². The largest absolute Gasteiger partial charge is 0.252 e. The van der Waals surface area contributed by atoms with Gasteiger partial charge in [0.15, 0.2) is 0 Å². The van der Waals surface area contributed by atoms with Crippen LogP contribution in [0.2, 0.25) is 0 Å². The lowest BCUT2D eigenvalue weighted by atomic mass is 10.4. The average Bonchev–Trinajstić information content (AvgIpc) is 2.89. The Morgan fingerprint density at radius 3 is 1.95 bits per heavy atom. The molecule has 2 aromatic rings. The number of nitrogens with zero attached hydrogens (tertiary/aromatic N) is 1. The van der Waals surface area contributed by atoms with Crippen LogP contribution in [-0.2, 0) is 19.9 Å². The van der Waals surface area contributed by atoms with Gasteiger partial charge in [0.05, 0.1) is 4.90 Å². The maximum atomic E-state index is 12.8. The minimum Gasteiger partial charge on any atom is -0.218 e. The van der Waals surface area contributed by atoms with E-state index in [0.717, 1.165) is 28.6 Å². The Morgan fingerprint density at radius 2 is 1.43 bits per heavy atom. The predicted octanol–water partition coefficient (Wildman–Crippen LogP) is 1.97. The summed E-state index contributed by atoms with van der Waals surface area (Å²) in [6.45, 7) is 0. The van der Waals surface area contributed by atoms with Crippen LogP contribution in [-0.4, -0.2) is 35.2 Å². The third-order valence-electron chi connectivity index (χ3n) is 2.68. The standard InChI is InChI=1S/C12H12FNO4S3/c1-14(2)21(17,18)12-8-7-11(19-12)20(15,16)10-5-3-9(13)4-6-10/h3-8H,1-2H3. The number of halogens is 1. The first-order chi connectivity index (χ1) is 9.65. The first-order valence-electron chi connectivity index (χ1n) is 5.69. The predicted molar refractivity (Wildman–Crippen MR) is 77.0 cm³/mol. The van der Waals surface area contributed by atoms with Crippen molar-refractivity contribution >= 4 is 31.2 Å². The molecule has 0 bridgehead atoms. The lowest BCUT2D eigenvalue weighted by Crippen LogP contribution is -2.21. The van der Waals surface area contributed by atoms with Gasteiger partial charge in [-0.05, 0) is 36.4 Å². The fourth-order valence-corrected chi connectivity index (χ4v) is 5.83. The fourth-order valence-electron chi connectivity index (χ4n) is 1.50. The van der Waals surface area contributed by atoms with Crippen molar-refractivity contribution in [2.45, 2.75) is 13.3 Å². The minimum absolute atomic E-state index is 0.0619. The van der Waals surface area contributed by atoms with Crippen LogP contribution in [0.15, 0.2) is 49.7 Å². The molecule has 0 atom stereocenters. The molecule has 1 aromatic carbocycles. The van der Waals surface area contributed by atoms with E-state index in [1.807, 2.05) is 0 Å². The minimum atomic E-state index is -3.85. The Kier molecular flexibility index (Phi) is 4.20. The van der Waals surface area contributed by atoms with Gasteiger partial charge in [0, 0.05) is 14.1 Å². The van der Waals surface area contributed by atoms with E-state index in [-0.39, 0.29) is 13.3 Å². The molecule has 1 aromatic heterocycles. The molecule has 0 aliphatic rings. The highest BCUT2D eigenvalue weighted by atomic mass is 32.3. The van der Waals surface area contributed by atoms with Crippen LogP contribution < -0.4 is 0 Å². The fraction of sp³-hybridized carbons (Fsp3) is 0.167. The van der Waals surface area contributed by atoms with E-state index in [4.69, 9.17) is 0 Å². The second kappa shape index (κ2) is 5.48. The molecule has 21 heavy (non-hydrogen) atoms. The molecule has 0 spiro atoms. The number of benzene rings is 1. The third-order valence-corrected chi connectivity index (χ3v) is 8.31. The third kappa shape index (κ3) is 3.00. The van der Waals surface area contributed by atoms with Crippen molar-refractivity contribution in [1.82, 2.24) is 4.31 Å². The van der Waals surface area contributed by atoms with Gasteiger partial charge in [-0.15, -0.1) is 11.3 Å². The number of sulfonamides is 1. The summed E-state index contributed by atoms with van der Waals surface area (Å²) in [5.41, 5.74) is 0. The van der Waals surface area contributed by atoms with Crippen molar-refractivity contribution < 1.29 is 21.2 Å². The van der Waals surface area contributed by atoms with E-state index in [2.05, 4.69) is 0 Å². The summed E-state index contributed by atoms with van der Waals surface area (Å²) in [6, 6.07) is 6.85. The van der Waals surface area contributed by atoms with E-state index < -0.39 is 25.7 Å². The molecule has 0 aliphatic heterocycles. The maximum Gasteiger partial charge on any atom is 0.252 e. The van der Waals surface area contributed by atoms with Gasteiger partial charge in [0.2, 0.25) is 9.84 Å². The van der Waals surface area contributed by atoms with Gasteiger partial charge in [0.1, 0.15) is 14.2 Å². The summed E-state index contributed by atoms with van der Waals surface area (Å²) >= 11 is 0.663. The van der Waals surface area contributed by atoms with Crippen molar-refractivity contribution in [2.24, 2.45) is 0 Å². The molecule has 0 aliphatic carbocycles. The van der Waals surface area contributed by atoms with Crippen LogP contribution in [0, 0.1) is 5.82 Å². The van der Waals surface area contributed by atoms with Gasteiger partial charge in [0.25, 0.3) is 10.0 Å². The van der Waals surface area contributed by atoms with Crippen LogP contribution in [0.1, 0.15) is 0 Å². The summed E-state index contributed by atoms with van der Waals surface area (Å²) in [6.07, 6.45) is 0. The molecule has 0 unspecified atom stereocenters. The highest BCUT2D eigenvalue weighted by molar-refractivity contribution is 7.95. The summed E-state index contributed by atoms with van der Waals surface area (Å²) < 4.78 is 62.3. The second-order valence-corrected chi connectivity index (χ2v) is 9.96. The van der Waals surface area contributed by atoms with Crippen LogP contribution in [0.3, 0.4) is 0 Å². The number of thiophene rings is 1. The maximum absolute atomic E-state index is 12.8. The van der Waals surface area contributed by atoms with Gasteiger partial charge in [-0.3, -0.25) is 0 Å². The van der Waals surface area contributed by atoms with Gasteiger partial charge >= 0.3 is 0 Å². The molecule has 1 heterocycles. The average molecular weight is 349 g/mol. The molecule has 5 nitrogen and oxygen atoms in total. The van der Waals surface area contributed by atoms with E-state index in [9.17, 15) is 21.2 Å². The molecule has 114 valence electrons. The van der Waals surface area contributed by atoms with Gasteiger partial charge in [-0.2, -0.15) is 0 Å². The normalized spacial score (nSPS) is 12.8. The molecule has 0 radical (unpaired) electrons. The van der Waals surface area contributed by atoms with E-state index in [1.165, 1.54) is 26.2 Å². The van der Waals surface area contributed by atoms with E-state index in [0.29, 0.717) is 11.3 Å². The molecular formula is C12H12FNO4S3. The Balaban J connectivity index is 2.49. The second-order valence-electron chi connectivity index (χ2n) is 4.32.